The van der Waals surface area contributed by atoms with Gasteiger partial charge in [-0.2, -0.15) is 0 Å². The van der Waals surface area contributed by atoms with Crippen molar-refractivity contribution in [3.05, 3.63) is 71.3 Å². The summed E-state index contributed by atoms with van der Waals surface area (Å²) in [7, 11) is 1.33. The van der Waals surface area contributed by atoms with Gasteiger partial charge in [-0.15, -0.1) is 0 Å². The quantitative estimate of drug-likeness (QED) is 0.841. The van der Waals surface area contributed by atoms with Crippen LogP contribution in [0, 0.1) is 0 Å². The van der Waals surface area contributed by atoms with E-state index in [1.807, 2.05) is 30.3 Å². The minimum Gasteiger partial charge on any atom is -0.465 e. The molecule has 0 bridgehead atoms. The molecule has 0 saturated heterocycles. The minimum absolute atomic E-state index is 0.386. The molecule has 0 saturated carbocycles. The summed E-state index contributed by atoms with van der Waals surface area (Å²) < 4.78 is 4.71. The second-order valence-corrected chi connectivity index (χ2v) is 3.89. The molecule has 1 unspecified atom stereocenters. The Kier molecular flexibility index (Phi) is 3.75. The highest BCUT2D eigenvalue weighted by Crippen LogP contribution is 2.25. The summed E-state index contributed by atoms with van der Waals surface area (Å²) in [6.07, 6.45) is -0.832. The van der Waals surface area contributed by atoms with E-state index in [-0.39, 0.29) is 0 Å². The second kappa shape index (κ2) is 5.47. The molecule has 0 aliphatic rings. The maximum atomic E-state index is 11.6. The van der Waals surface area contributed by atoms with Crippen molar-refractivity contribution in [2.75, 3.05) is 7.11 Å². The van der Waals surface area contributed by atoms with E-state index in [0.29, 0.717) is 11.1 Å². The average molecular weight is 242 g/mol. The van der Waals surface area contributed by atoms with Crippen molar-refractivity contribution < 1.29 is 14.6 Å². The van der Waals surface area contributed by atoms with Crippen molar-refractivity contribution >= 4 is 5.97 Å². The molecule has 0 spiro atoms. The Morgan fingerprint density at radius 1 is 1.06 bits per heavy atom. The van der Waals surface area contributed by atoms with E-state index >= 15 is 0 Å². The van der Waals surface area contributed by atoms with Crippen LogP contribution >= 0.6 is 0 Å². The number of esters is 1. The molecular weight excluding hydrogens is 228 g/mol. The molecule has 92 valence electrons. The fourth-order valence-corrected chi connectivity index (χ4v) is 1.85. The Bertz CT molecular complexity index is 534. The molecule has 0 aromatic heterocycles. The second-order valence-electron chi connectivity index (χ2n) is 3.89. The lowest BCUT2D eigenvalue weighted by Crippen LogP contribution is -2.09. The lowest BCUT2D eigenvalue weighted by molar-refractivity contribution is 0.0595. The van der Waals surface area contributed by atoms with Gasteiger partial charge < -0.3 is 9.84 Å². The molecule has 0 radical (unpaired) electrons. The van der Waals surface area contributed by atoms with Crippen LogP contribution in [-0.4, -0.2) is 18.2 Å². The van der Waals surface area contributed by atoms with E-state index in [9.17, 15) is 9.90 Å². The Hall–Kier alpha value is -2.13. The summed E-state index contributed by atoms with van der Waals surface area (Å²) in [5, 5.41) is 10.3. The molecule has 3 nitrogen and oxygen atoms in total. The van der Waals surface area contributed by atoms with Crippen molar-refractivity contribution in [3.8, 4) is 0 Å². The number of ether oxygens (including phenoxy) is 1. The first-order valence-corrected chi connectivity index (χ1v) is 5.64. The predicted octanol–water partition coefficient (Wildman–Crippen LogP) is 2.55. The van der Waals surface area contributed by atoms with Gasteiger partial charge in [0.1, 0.15) is 6.10 Å². The molecule has 1 N–H and O–H groups in total. The first-order valence-electron chi connectivity index (χ1n) is 5.64. The number of rotatable bonds is 3. The molecule has 0 aliphatic heterocycles. The van der Waals surface area contributed by atoms with E-state index in [1.165, 1.54) is 7.11 Å². The summed E-state index contributed by atoms with van der Waals surface area (Å²) in [4.78, 5) is 11.6. The number of hydrogen-bond donors (Lipinski definition) is 1. The number of aliphatic hydroxyl groups is 1. The third-order valence-corrected chi connectivity index (χ3v) is 2.78. The van der Waals surface area contributed by atoms with E-state index in [2.05, 4.69) is 0 Å². The summed E-state index contributed by atoms with van der Waals surface area (Å²) in [5.41, 5.74) is 1.68. The summed E-state index contributed by atoms with van der Waals surface area (Å²) >= 11 is 0. The minimum atomic E-state index is -0.832. The lowest BCUT2D eigenvalue weighted by atomic mass is 9.97. The first kappa shape index (κ1) is 12.3. The Labute approximate surface area is 106 Å². The number of hydrogen-bond acceptors (Lipinski definition) is 3. The largest absolute Gasteiger partial charge is 0.465 e. The van der Waals surface area contributed by atoms with Crippen LogP contribution in [0.3, 0.4) is 0 Å². The number of methoxy groups -OCH3 is 1. The van der Waals surface area contributed by atoms with Gasteiger partial charge >= 0.3 is 5.97 Å². The van der Waals surface area contributed by atoms with Gasteiger partial charge in [-0.1, -0.05) is 48.5 Å². The zero-order valence-electron chi connectivity index (χ0n) is 10.0. The molecule has 0 heterocycles. The normalized spacial score (nSPS) is 11.9. The summed E-state index contributed by atoms with van der Waals surface area (Å²) in [5.74, 6) is -0.444. The SMILES string of the molecule is COC(=O)c1ccccc1C(O)c1ccccc1. The maximum absolute atomic E-state index is 11.6. The smallest absolute Gasteiger partial charge is 0.338 e. The zero-order valence-corrected chi connectivity index (χ0v) is 10.0. The predicted molar refractivity (Wildman–Crippen MR) is 68.3 cm³/mol. The van der Waals surface area contributed by atoms with Crippen LogP contribution in [0.5, 0.6) is 0 Å². The molecule has 3 heteroatoms. The fraction of sp³-hybridized carbons (Fsp3) is 0.133. The van der Waals surface area contributed by atoms with Crippen molar-refractivity contribution in [1.29, 1.82) is 0 Å². The molecule has 2 aromatic carbocycles. The molecule has 1 atom stereocenters. The van der Waals surface area contributed by atoms with E-state index in [1.54, 1.807) is 24.3 Å². The number of carbonyl (C=O) groups is 1. The van der Waals surface area contributed by atoms with E-state index in [0.717, 1.165) is 5.56 Å². The maximum Gasteiger partial charge on any atom is 0.338 e. The van der Waals surface area contributed by atoms with Gasteiger partial charge in [-0.25, -0.2) is 4.79 Å². The van der Waals surface area contributed by atoms with Crippen molar-refractivity contribution in [2.24, 2.45) is 0 Å². The van der Waals surface area contributed by atoms with E-state index < -0.39 is 12.1 Å². The van der Waals surface area contributed by atoms with Gasteiger partial charge in [0.05, 0.1) is 12.7 Å². The van der Waals surface area contributed by atoms with Crippen LogP contribution in [0.15, 0.2) is 54.6 Å². The topological polar surface area (TPSA) is 46.5 Å². The zero-order chi connectivity index (χ0) is 13.0. The monoisotopic (exact) mass is 242 g/mol. The van der Waals surface area contributed by atoms with Crippen LogP contribution in [0.4, 0.5) is 0 Å². The number of benzene rings is 2. The van der Waals surface area contributed by atoms with Gasteiger partial charge in [-0.3, -0.25) is 0 Å². The average Bonchev–Trinajstić information content (AvgIpc) is 2.46. The Morgan fingerprint density at radius 3 is 2.33 bits per heavy atom. The molecule has 2 rings (SSSR count). The van der Waals surface area contributed by atoms with Crippen LogP contribution in [0.1, 0.15) is 27.6 Å². The molecule has 0 fully saturated rings. The van der Waals surface area contributed by atoms with Crippen LogP contribution in [-0.2, 0) is 4.74 Å². The van der Waals surface area contributed by atoms with Gasteiger partial charge in [0, 0.05) is 0 Å². The van der Waals surface area contributed by atoms with Crippen molar-refractivity contribution in [3.63, 3.8) is 0 Å². The van der Waals surface area contributed by atoms with Gasteiger partial charge in [-0.05, 0) is 17.2 Å². The van der Waals surface area contributed by atoms with Gasteiger partial charge in [0.2, 0.25) is 0 Å². The first-order chi connectivity index (χ1) is 8.74. The molecular formula is C15H14O3. The molecule has 18 heavy (non-hydrogen) atoms. The number of carbonyl (C=O) groups excluding carboxylic acids is 1. The molecule has 0 amide bonds. The fourth-order valence-electron chi connectivity index (χ4n) is 1.85. The van der Waals surface area contributed by atoms with Crippen molar-refractivity contribution in [1.82, 2.24) is 0 Å². The molecule has 2 aromatic rings. The van der Waals surface area contributed by atoms with Gasteiger partial charge in [0.25, 0.3) is 0 Å². The van der Waals surface area contributed by atoms with Crippen molar-refractivity contribution in [2.45, 2.75) is 6.10 Å². The highest BCUT2D eigenvalue weighted by molar-refractivity contribution is 5.91. The summed E-state index contributed by atoms with van der Waals surface area (Å²) in [6.45, 7) is 0. The third kappa shape index (κ3) is 2.41. The highest BCUT2D eigenvalue weighted by atomic mass is 16.5. The highest BCUT2D eigenvalue weighted by Gasteiger charge is 2.18. The lowest BCUT2D eigenvalue weighted by Gasteiger charge is -2.14. The van der Waals surface area contributed by atoms with Gasteiger partial charge in [0.15, 0.2) is 0 Å². The third-order valence-electron chi connectivity index (χ3n) is 2.78. The Balaban J connectivity index is 2.42. The van der Waals surface area contributed by atoms with Crippen LogP contribution in [0.25, 0.3) is 0 Å². The number of aliphatic hydroxyl groups excluding tert-OH is 1. The summed E-state index contributed by atoms with van der Waals surface area (Å²) in [6, 6.07) is 16.1. The van der Waals surface area contributed by atoms with Crippen LogP contribution < -0.4 is 0 Å². The van der Waals surface area contributed by atoms with Crippen LogP contribution in [0.2, 0.25) is 0 Å². The standard InChI is InChI=1S/C15H14O3/c1-18-15(17)13-10-6-5-9-12(13)14(16)11-7-3-2-4-8-11/h2-10,14,16H,1H3. The van der Waals surface area contributed by atoms with E-state index in [4.69, 9.17) is 4.74 Å². The Morgan fingerprint density at radius 2 is 1.67 bits per heavy atom. The molecule has 0 aliphatic carbocycles.